The van der Waals surface area contributed by atoms with Crippen LogP contribution < -0.4 is 0 Å². The van der Waals surface area contributed by atoms with Crippen molar-refractivity contribution >= 4 is 16.2 Å². The van der Waals surface area contributed by atoms with E-state index in [1.165, 1.54) is 4.31 Å². The second kappa shape index (κ2) is 8.44. The van der Waals surface area contributed by atoms with Gasteiger partial charge in [-0.25, -0.2) is 0 Å². The smallest absolute Gasteiger partial charge is 0.308 e. The molecule has 0 aliphatic carbocycles. The Kier molecular flexibility index (Phi) is 7.48. The molecule has 0 radical (unpaired) electrons. The second-order valence-electron chi connectivity index (χ2n) is 7.51. The molecule has 7 heteroatoms. The first-order valence-corrected chi connectivity index (χ1v) is 9.93. The molecule has 0 amide bonds. The Bertz CT molecular complexity index is 478. The standard InChI is InChI=1S/C16H32N2O4S/c1-12(2)6-8-17(9-7-13(3)4)23(21,22)18-10-14(5)15(11-18)16(19)20/h12-15H,6-11H2,1-5H3,(H,19,20)/t14-,15-/m1/s1. The van der Waals surface area contributed by atoms with E-state index in [-0.39, 0.29) is 12.5 Å². The molecule has 2 atom stereocenters. The molecule has 1 fully saturated rings. The molecule has 1 saturated heterocycles. The molecule has 6 nitrogen and oxygen atoms in total. The van der Waals surface area contributed by atoms with Gasteiger partial charge in [0.25, 0.3) is 10.2 Å². The quantitative estimate of drug-likeness (QED) is 0.693. The van der Waals surface area contributed by atoms with Crippen LogP contribution in [0, 0.1) is 23.7 Å². The maximum Gasteiger partial charge on any atom is 0.308 e. The number of carboxylic acids is 1. The van der Waals surface area contributed by atoms with Crippen LogP contribution in [0.5, 0.6) is 0 Å². The molecule has 23 heavy (non-hydrogen) atoms. The zero-order valence-corrected chi connectivity index (χ0v) is 15.8. The monoisotopic (exact) mass is 348 g/mol. The summed E-state index contributed by atoms with van der Waals surface area (Å²) >= 11 is 0. The maximum atomic E-state index is 12.9. The lowest BCUT2D eigenvalue weighted by Gasteiger charge is -2.28. The molecule has 1 rings (SSSR count). The van der Waals surface area contributed by atoms with Crippen molar-refractivity contribution in [3.8, 4) is 0 Å². The number of hydrogen-bond donors (Lipinski definition) is 1. The number of carbonyl (C=O) groups is 1. The zero-order chi connectivity index (χ0) is 17.8. The fourth-order valence-electron chi connectivity index (χ4n) is 2.74. The number of nitrogens with zero attached hydrogens (tertiary/aromatic N) is 2. The molecule has 1 aliphatic rings. The SMILES string of the molecule is CC(C)CCN(CCC(C)C)S(=O)(=O)N1C[C@@H](C)[C@H](C(=O)O)C1. The summed E-state index contributed by atoms with van der Waals surface area (Å²) in [4.78, 5) is 11.2. The summed E-state index contributed by atoms with van der Waals surface area (Å²) in [6, 6.07) is 0. The van der Waals surface area contributed by atoms with E-state index in [0.29, 0.717) is 31.5 Å². The third kappa shape index (κ3) is 5.72. The van der Waals surface area contributed by atoms with E-state index in [9.17, 15) is 18.3 Å². The van der Waals surface area contributed by atoms with E-state index >= 15 is 0 Å². The second-order valence-corrected chi connectivity index (χ2v) is 9.44. The summed E-state index contributed by atoms with van der Waals surface area (Å²) in [5.41, 5.74) is 0. The van der Waals surface area contributed by atoms with Gasteiger partial charge in [-0.3, -0.25) is 4.79 Å². The van der Waals surface area contributed by atoms with Crippen LogP contribution in [0.1, 0.15) is 47.5 Å². The molecule has 0 aromatic rings. The van der Waals surface area contributed by atoms with Crippen molar-refractivity contribution in [2.45, 2.75) is 47.5 Å². The molecule has 0 saturated carbocycles. The maximum absolute atomic E-state index is 12.9. The van der Waals surface area contributed by atoms with Gasteiger partial charge in [0, 0.05) is 26.2 Å². The molecule has 0 aromatic heterocycles. The minimum Gasteiger partial charge on any atom is -0.481 e. The van der Waals surface area contributed by atoms with Crippen LogP contribution in [-0.4, -0.2) is 54.3 Å². The fraction of sp³-hybridized carbons (Fsp3) is 0.938. The average Bonchev–Trinajstić information content (AvgIpc) is 2.80. The van der Waals surface area contributed by atoms with E-state index in [2.05, 4.69) is 27.7 Å². The molecule has 1 heterocycles. The van der Waals surface area contributed by atoms with Crippen LogP contribution >= 0.6 is 0 Å². The van der Waals surface area contributed by atoms with Gasteiger partial charge in [-0.1, -0.05) is 34.6 Å². The lowest BCUT2D eigenvalue weighted by atomic mass is 9.99. The van der Waals surface area contributed by atoms with Crippen molar-refractivity contribution in [3.63, 3.8) is 0 Å². The number of carboxylic acid groups (broad SMARTS) is 1. The van der Waals surface area contributed by atoms with Crippen molar-refractivity contribution in [1.29, 1.82) is 0 Å². The van der Waals surface area contributed by atoms with Gasteiger partial charge < -0.3 is 5.11 Å². The third-order valence-corrected chi connectivity index (χ3v) is 6.43. The Hall–Kier alpha value is -0.660. The van der Waals surface area contributed by atoms with Gasteiger partial charge in [-0.05, 0) is 30.6 Å². The van der Waals surface area contributed by atoms with Crippen molar-refractivity contribution < 1.29 is 18.3 Å². The van der Waals surface area contributed by atoms with Gasteiger partial charge >= 0.3 is 5.97 Å². The Morgan fingerprint density at radius 2 is 1.61 bits per heavy atom. The first kappa shape index (κ1) is 20.4. The third-order valence-electron chi connectivity index (χ3n) is 4.46. The van der Waals surface area contributed by atoms with Crippen LogP contribution in [0.2, 0.25) is 0 Å². The van der Waals surface area contributed by atoms with E-state index in [1.54, 1.807) is 11.2 Å². The summed E-state index contributed by atoms with van der Waals surface area (Å²) in [6.45, 7) is 11.5. The van der Waals surface area contributed by atoms with E-state index < -0.39 is 22.1 Å². The number of rotatable bonds is 9. The molecule has 136 valence electrons. The highest BCUT2D eigenvalue weighted by atomic mass is 32.2. The molecule has 1 aliphatic heterocycles. The summed E-state index contributed by atoms with van der Waals surface area (Å²) in [6.07, 6.45) is 1.62. The molecule has 0 spiro atoms. The van der Waals surface area contributed by atoms with E-state index in [4.69, 9.17) is 0 Å². The van der Waals surface area contributed by atoms with Crippen LogP contribution in [0.4, 0.5) is 0 Å². The van der Waals surface area contributed by atoms with Crippen molar-refractivity contribution in [2.24, 2.45) is 23.7 Å². The number of aliphatic carboxylic acids is 1. The first-order valence-electron chi connectivity index (χ1n) is 8.53. The van der Waals surface area contributed by atoms with Crippen molar-refractivity contribution in [1.82, 2.24) is 8.61 Å². The highest BCUT2D eigenvalue weighted by molar-refractivity contribution is 7.86. The Labute approximate surface area is 141 Å². The lowest BCUT2D eigenvalue weighted by molar-refractivity contribution is -0.142. The van der Waals surface area contributed by atoms with Gasteiger partial charge in [0.05, 0.1) is 5.92 Å². The molecular formula is C16H32N2O4S. The molecule has 0 aromatic carbocycles. The minimum atomic E-state index is -3.59. The summed E-state index contributed by atoms with van der Waals surface area (Å²) < 4.78 is 28.8. The number of hydrogen-bond acceptors (Lipinski definition) is 3. The normalized spacial score (nSPS) is 23.3. The summed E-state index contributed by atoms with van der Waals surface area (Å²) in [7, 11) is -3.59. The highest BCUT2D eigenvalue weighted by Crippen LogP contribution is 2.27. The molecule has 1 N–H and O–H groups in total. The van der Waals surface area contributed by atoms with Gasteiger partial charge in [-0.15, -0.1) is 0 Å². The van der Waals surface area contributed by atoms with Crippen LogP contribution in [0.3, 0.4) is 0 Å². The zero-order valence-electron chi connectivity index (χ0n) is 15.0. The van der Waals surface area contributed by atoms with Crippen molar-refractivity contribution in [3.05, 3.63) is 0 Å². The largest absolute Gasteiger partial charge is 0.481 e. The summed E-state index contributed by atoms with van der Waals surface area (Å²) in [5, 5.41) is 9.22. The Morgan fingerprint density at radius 1 is 1.13 bits per heavy atom. The van der Waals surface area contributed by atoms with Crippen LogP contribution in [0.15, 0.2) is 0 Å². The van der Waals surface area contributed by atoms with Gasteiger partial charge in [-0.2, -0.15) is 17.0 Å². The summed E-state index contributed by atoms with van der Waals surface area (Å²) in [5.74, 6) is -0.820. The van der Waals surface area contributed by atoms with E-state index in [1.807, 2.05) is 0 Å². The van der Waals surface area contributed by atoms with Crippen molar-refractivity contribution in [2.75, 3.05) is 26.2 Å². The van der Waals surface area contributed by atoms with Crippen LogP contribution in [-0.2, 0) is 15.0 Å². The first-order chi connectivity index (χ1) is 10.6. The fourth-order valence-corrected chi connectivity index (χ4v) is 4.51. The average molecular weight is 349 g/mol. The minimum absolute atomic E-state index is 0.0820. The Morgan fingerprint density at radius 3 is 1.96 bits per heavy atom. The lowest BCUT2D eigenvalue weighted by Crippen LogP contribution is -2.44. The van der Waals surface area contributed by atoms with Gasteiger partial charge in [0.2, 0.25) is 0 Å². The Balaban J connectivity index is 2.87. The molecular weight excluding hydrogens is 316 g/mol. The molecule has 0 bridgehead atoms. The molecule has 0 unspecified atom stereocenters. The van der Waals surface area contributed by atoms with Gasteiger partial charge in [0.1, 0.15) is 0 Å². The van der Waals surface area contributed by atoms with Gasteiger partial charge in [0.15, 0.2) is 0 Å². The van der Waals surface area contributed by atoms with Crippen LogP contribution in [0.25, 0.3) is 0 Å². The predicted octanol–water partition coefficient (Wildman–Crippen LogP) is 2.28. The predicted molar refractivity (Wildman–Crippen MR) is 91.3 cm³/mol. The highest BCUT2D eigenvalue weighted by Gasteiger charge is 2.42. The van der Waals surface area contributed by atoms with E-state index in [0.717, 1.165) is 12.8 Å². The topological polar surface area (TPSA) is 77.9 Å².